The number of rotatable bonds is 14. The summed E-state index contributed by atoms with van der Waals surface area (Å²) < 4.78 is 12.4. The third-order valence-corrected chi connectivity index (χ3v) is 8.91. The number of unbranched alkanes of at least 4 members (excludes halogenated alkanes) is 3. The number of likely N-dealkylation sites (tertiary alicyclic amines) is 1. The predicted octanol–water partition coefficient (Wildman–Crippen LogP) is 4.26. The van der Waals surface area contributed by atoms with Crippen LogP contribution < -0.4 is 4.90 Å². The number of aliphatic hydroxyl groups excluding tert-OH is 1. The minimum Gasteiger partial charge on any atom is -0.465 e. The van der Waals surface area contributed by atoms with Gasteiger partial charge >= 0.3 is 5.97 Å². The third-order valence-electron chi connectivity index (χ3n) is 8.91. The van der Waals surface area contributed by atoms with Crippen LogP contribution in [-0.2, 0) is 23.9 Å². The molecule has 2 unspecified atom stereocenters. The maximum atomic E-state index is 14.6. The monoisotopic (exact) mass is 552 g/mol. The number of hydrogen-bond acceptors (Lipinski definition) is 6. The number of ether oxygens (including phenoxy) is 2. The van der Waals surface area contributed by atoms with Crippen molar-refractivity contribution in [2.45, 2.75) is 83.0 Å². The fraction of sp³-hybridized carbons (Fsp3) is 0.594. The number of amides is 2. The van der Waals surface area contributed by atoms with Gasteiger partial charge in [0, 0.05) is 25.4 Å². The Hall–Kier alpha value is -2.97. The molecule has 1 aromatic rings. The van der Waals surface area contributed by atoms with Gasteiger partial charge in [-0.15, -0.1) is 13.2 Å². The Morgan fingerprint density at radius 3 is 2.52 bits per heavy atom. The van der Waals surface area contributed by atoms with Crippen LogP contribution in [-0.4, -0.2) is 71.3 Å². The second kappa shape index (κ2) is 12.3. The first-order valence-corrected chi connectivity index (χ1v) is 14.5. The number of para-hydroxylation sites is 1. The summed E-state index contributed by atoms with van der Waals surface area (Å²) >= 11 is 0. The molecule has 2 bridgehead atoms. The number of esters is 1. The lowest BCUT2D eigenvalue weighted by molar-refractivity contribution is -0.159. The SMILES string of the molecule is C=CCCCCOC(=O)[C@H]1[C@H]2C(=O)N(CCCCO)C(C(=O)N(CC=C)c3c(C)cccc3C)C23CC[C@]1(C)O3. The second-order valence-corrected chi connectivity index (χ2v) is 11.6. The lowest BCUT2D eigenvalue weighted by Crippen LogP contribution is -2.56. The first-order valence-electron chi connectivity index (χ1n) is 14.5. The summed E-state index contributed by atoms with van der Waals surface area (Å²) in [7, 11) is 0. The van der Waals surface area contributed by atoms with E-state index < -0.39 is 35.0 Å². The van der Waals surface area contributed by atoms with Gasteiger partial charge in [0.1, 0.15) is 17.6 Å². The quantitative estimate of drug-likeness (QED) is 0.211. The molecule has 8 heteroatoms. The van der Waals surface area contributed by atoms with E-state index in [4.69, 9.17) is 9.47 Å². The van der Waals surface area contributed by atoms with Crippen LogP contribution in [0.2, 0.25) is 0 Å². The number of allylic oxidation sites excluding steroid dienone is 1. The molecule has 3 aliphatic rings. The van der Waals surface area contributed by atoms with Crippen molar-refractivity contribution in [2.24, 2.45) is 11.8 Å². The molecule has 3 aliphatic heterocycles. The highest BCUT2D eigenvalue weighted by molar-refractivity contribution is 6.05. The predicted molar refractivity (Wildman–Crippen MR) is 154 cm³/mol. The normalized spacial score (nSPS) is 28.4. The molecule has 0 aromatic heterocycles. The molecule has 1 aromatic carbocycles. The molecule has 40 heavy (non-hydrogen) atoms. The molecule has 3 saturated heterocycles. The second-order valence-electron chi connectivity index (χ2n) is 11.6. The van der Waals surface area contributed by atoms with Crippen LogP contribution in [0.3, 0.4) is 0 Å². The van der Waals surface area contributed by atoms with Crippen molar-refractivity contribution >= 4 is 23.5 Å². The lowest BCUT2D eigenvalue weighted by Gasteiger charge is -2.37. The standard InChI is InChI=1S/C32H44N2O6/c1-6-8-9-12-21-39-30(38)25-24-28(36)34(19-10-11-20-35)27(32(24)17-16-31(25,5)40-32)29(37)33(18-7-2)26-22(3)14-13-15-23(26)4/h6-7,13-15,24-25,27,35H,1-2,8-12,16-21H2,3-5H3/t24-,25+,27?,31-,32?/m0/s1. The summed E-state index contributed by atoms with van der Waals surface area (Å²) in [5, 5.41) is 9.42. The minimum absolute atomic E-state index is 0.00438. The fourth-order valence-corrected chi connectivity index (χ4v) is 7.15. The zero-order valence-electron chi connectivity index (χ0n) is 24.2. The zero-order valence-corrected chi connectivity index (χ0v) is 24.2. The molecule has 1 spiro atoms. The summed E-state index contributed by atoms with van der Waals surface area (Å²) in [5.74, 6) is -2.48. The highest BCUT2D eigenvalue weighted by Crippen LogP contribution is 2.63. The van der Waals surface area contributed by atoms with Crippen molar-refractivity contribution in [3.8, 4) is 0 Å². The van der Waals surface area contributed by atoms with Crippen LogP contribution in [0.1, 0.15) is 63.0 Å². The molecule has 1 N–H and O–H groups in total. The zero-order chi connectivity index (χ0) is 29.1. The van der Waals surface area contributed by atoms with Gasteiger partial charge < -0.3 is 24.4 Å². The van der Waals surface area contributed by atoms with Crippen molar-refractivity contribution < 1.29 is 29.0 Å². The van der Waals surface area contributed by atoms with E-state index in [0.717, 1.165) is 29.7 Å². The van der Waals surface area contributed by atoms with E-state index in [1.807, 2.05) is 45.0 Å². The Kier molecular flexibility index (Phi) is 9.20. The maximum Gasteiger partial charge on any atom is 0.312 e. The van der Waals surface area contributed by atoms with Crippen molar-refractivity contribution in [3.63, 3.8) is 0 Å². The fourth-order valence-electron chi connectivity index (χ4n) is 7.15. The van der Waals surface area contributed by atoms with Crippen LogP contribution in [0.25, 0.3) is 0 Å². The van der Waals surface area contributed by atoms with Crippen molar-refractivity contribution in [2.75, 3.05) is 31.2 Å². The van der Waals surface area contributed by atoms with Gasteiger partial charge in [0.05, 0.1) is 18.1 Å². The molecule has 4 rings (SSSR count). The van der Waals surface area contributed by atoms with Crippen molar-refractivity contribution in [3.05, 3.63) is 54.6 Å². The third kappa shape index (κ3) is 5.12. The van der Waals surface area contributed by atoms with E-state index in [0.29, 0.717) is 38.6 Å². The van der Waals surface area contributed by atoms with Crippen LogP contribution >= 0.6 is 0 Å². The number of anilines is 1. The average Bonchev–Trinajstić information content (AvgIpc) is 3.48. The molecule has 5 atom stereocenters. The molecule has 3 heterocycles. The molecule has 218 valence electrons. The topological polar surface area (TPSA) is 96.4 Å². The summed E-state index contributed by atoms with van der Waals surface area (Å²) in [6.07, 6.45) is 8.06. The molecule has 0 aliphatic carbocycles. The largest absolute Gasteiger partial charge is 0.465 e. The summed E-state index contributed by atoms with van der Waals surface area (Å²) in [5.41, 5.74) is 0.689. The first kappa shape index (κ1) is 30.0. The van der Waals surface area contributed by atoms with Gasteiger partial charge in [0.25, 0.3) is 5.91 Å². The highest BCUT2D eigenvalue weighted by atomic mass is 16.6. The molecular weight excluding hydrogens is 508 g/mol. The average molecular weight is 553 g/mol. The number of nitrogens with zero attached hydrogens (tertiary/aromatic N) is 2. The number of hydrogen-bond donors (Lipinski definition) is 1. The molecule has 2 amide bonds. The van der Waals surface area contributed by atoms with Crippen molar-refractivity contribution in [1.29, 1.82) is 0 Å². The van der Waals surface area contributed by atoms with Gasteiger partial charge in [-0.05, 0) is 76.8 Å². The maximum absolute atomic E-state index is 14.6. The number of aryl methyl sites for hydroxylation is 2. The number of benzene rings is 1. The Labute approximate surface area is 238 Å². The van der Waals surface area contributed by atoms with Gasteiger partial charge in [-0.3, -0.25) is 14.4 Å². The first-order chi connectivity index (χ1) is 19.2. The smallest absolute Gasteiger partial charge is 0.312 e. The molecule has 3 fully saturated rings. The van der Waals surface area contributed by atoms with Gasteiger partial charge in [-0.2, -0.15) is 0 Å². The summed E-state index contributed by atoms with van der Waals surface area (Å²) in [6, 6.07) is 4.99. The van der Waals surface area contributed by atoms with E-state index >= 15 is 0 Å². The molecule has 0 saturated carbocycles. The van der Waals surface area contributed by atoms with Gasteiger partial charge in [0.15, 0.2) is 0 Å². The minimum atomic E-state index is -1.12. The summed E-state index contributed by atoms with van der Waals surface area (Å²) in [6.45, 7) is 14.3. The van der Waals surface area contributed by atoms with Crippen LogP contribution in [0.15, 0.2) is 43.5 Å². The van der Waals surface area contributed by atoms with E-state index in [1.54, 1.807) is 15.9 Å². The van der Waals surface area contributed by atoms with Crippen LogP contribution in [0.5, 0.6) is 0 Å². The van der Waals surface area contributed by atoms with Crippen molar-refractivity contribution in [1.82, 2.24) is 4.90 Å². The Balaban J connectivity index is 1.72. The molecule has 0 radical (unpaired) electrons. The van der Waals surface area contributed by atoms with Gasteiger partial charge in [-0.1, -0.05) is 30.4 Å². The number of carbonyl (C=O) groups is 3. The number of fused-ring (bicyclic) bond motifs is 1. The van der Waals surface area contributed by atoms with E-state index in [1.165, 1.54) is 0 Å². The van der Waals surface area contributed by atoms with E-state index in [2.05, 4.69) is 13.2 Å². The van der Waals surface area contributed by atoms with E-state index in [9.17, 15) is 19.5 Å². The lowest BCUT2D eigenvalue weighted by atomic mass is 9.66. The molecular formula is C32H44N2O6. The van der Waals surface area contributed by atoms with Gasteiger partial charge in [0.2, 0.25) is 5.91 Å². The van der Waals surface area contributed by atoms with E-state index in [-0.39, 0.29) is 31.6 Å². The Morgan fingerprint density at radius 1 is 1.15 bits per heavy atom. The highest BCUT2D eigenvalue weighted by Gasteiger charge is 2.78. The summed E-state index contributed by atoms with van der Waals surface area (Å²) in [4.78, 5) is 45.6. The van der Waals surface area contributed by atoms with Crippen LogP contribution in [0, 0.1) is 25.7 Å². The van der Waals surface area contributed by atoms with Gasteiger partial charge in [-0.25, -0.2) is 0 Å². The van der Waals surface area contributed by atoms with Crippen LogP contribution in [0.4, 0.5) is 5.69 Å². The Bertz CT molecular complexity index is 1130. The Morgan fingerprint density at radius 2 is 1.88 bits per heavy atom. The number of aliphatic hydroxyl groups is 1. The number of carbonyl (C=O) groups excluding carboxylic acids is 3. The molecule has 8 nitrogen and oxygen atoms in total.